The molecule has 26 heavy (non-hydrogen) atoms. The van der Waals surface area contributed by atoms with Gasteiger partial charge in [-0.2, -0.15) is 4.98 Å². The summed E-state index contributed by atoms with van der Waals surface area (Å²) in [6.07, 6.45) is 0. The van der Waals surface area contributed by atoms with E-state index >= 15 is 0 Å². The first kappa shape index (κ1) is 17.0. The Kier molecular flexibility index (Phi) is 4.04. The van der Waals surface area contributed by atoms with Crippen molar-refractivity contribution in [2.45, 2.75) is 6.54 Å². The Balaban J connectivity index is 2.15. The molecule has 3 aromatic rings. The van der Waals surface area contributed by atoms with Crippen molar-refractivity contribution in [1.29, 1.82) is 0 Å². The van der Waals surface area contributed by atoms with Gasteiger partial charge in [0.15, 0.2) is 11.2 Å². The van der Waals surface area contributed by atoms with E-state index in [9.17, 15) is 19.2 Å². The first-order chi connectivity index (χ1) is 12.3. The Morgan fingerprint density at radius 3 is 2.50 bits per heavy atom. The van der Waals surface area contributed by atoms with Crippen LogP contribution in [-0.2, 0) is 18.4 Å². The lowest BCUT2D eigenvalue weighted by Gasteiger charge is -2.08. The van der Waals surface area contributed by atoms with Crippen molar-refractivity contribution in [3.05, 3.63) is 50.7 Å². The topological polar surface area (TPSA) is 165 Å². The van der Waals surface area contributed by atoms with E-state index in [1.807, 2.05) is 0 Å². The molecule has 0 unspecified atom stereocenters. The van der Waals surface area contributed by atoms with Gasteiger partial charge in [0.25, 0.3) is 5.56 Å². The van der Waals surface area contributed by atoms with E-state index in [0.717, 1.165) is 9.13 Å². The quantitative estimate of drug-likeness (QED) is 0.470. The van der Waals surface area contributed by atoms with Gasteiger partial charge in [0.1, 0.15) is 6.54 Å². The second-order valence-corrected chi connectivity index (χ2v) is 5.47. The zero-order valence-electron chi connectivity index (χ0n) is 13.5. The standard InChI is InChI=1S/C15H14N6O5/c1-20-12-10(13(25)19-15(20)26)21(6-9(22)23)14(18-12)17-8-4-2-7(3-5-8)11(16)24/h2-5H,6H2,1H3,(H2,16,24)(H,17,18)(H,22,23)(H,19,25,26). The summed E-state index contributed by atoms with van der Waals surface area (Å²) in [5, 5.41) is 12.0. The molecule has 0 fully saturated rings. The maximum absolute atomic E-state index is 12.1. The van der Waals surface area contributed by atoms with Gasteiger partial charge in [0.05, 0.1) is 0 Å². The number of amides is 1. The predicted octanol–water partition coefficient (Wildman–Crippen LogP) is -0.650. The highest BCUT2D eigenvalue weighted by molar-refractivity contribution is 5.93. The molecule has 0 atom stereocenters. The van der Waals surface area contributed by atoms with Crippen LogP contribution >= 0.6 is 0 Å². The highest BCUT2D eigenvalue weighted by Crippen LogP contribution is 2.20. The van der Waals surface area contributed by atoms with Crippen molar-refractivity contribution in [3.8, 4) is 0 Å². The third-order valence-corrected chi connectivity index (χ3v) is 3.73. The number of aliphatic carboxylic acids is 1. The molecule has 0 aliphatic carbocycles. The number of rotatable bonds is 5. The summed E-state index contributed by atoms with van der Waals surface area (Å²) in [4.78, 5) is 52.5. The Hall–Kier alpha value is -3.89. The van der Waals surface area contributed by atoms with E-state index < -0.39 is 29.7 Å². The molecule has 134 valence electrons. The van der Waals surface area contributed by atoms with Crippen LogP contribution in [0.15, 0.2) is 33.9 Å². The molecule has 0 radical (unpaired) electrons. The average Bonchev–Trinajstić information content (AvgIpc) is 2.91. The third-order valence-electron chi connectivity index (χ3n) is 3.73. The van der Waals surface area contributed by atoms with Gasteiger partial charge >= 0.3 is 11.7 Å². The Morgan fingerprint density at radius 1 is 1.27 bits per heavy atom. The fraction of sp³-hybridized carbons (Fsp3) is 0.133. The van der Waals surface area contributed by atoms with Crippen LogP contribution in [0.4, 0.5) is 11.6 Å². The number of hydrogen-bond acceptors (Lipinski definition) is 6. The lowest BCUT2D eigenvalue weighted by atomic mass is 10.2. The summed E-state index contributed by atoms with van der Waals surface area (Å²) < 4.78 is 2.26. The summed E-state index contributed by atoms with van der Waals surface area (Å²) in [6.45, 7) is -0.542. The first-order valence-corrected chi connectivity index (χ1v) is 7.36. The molecule has 2 heterocycles. The molecule has 0 saturated carbocycles. The molecule has 2 aromatic heterocycles. The predicted molar refractivity (Wildman–Crippen MR) is 91.5 cm³/mol. The number of H-pyrrole nitrogens is 1. The summed E-state index contributed by atoms with van der Waals surface area (Å²) in [6, 6.07) is 6.07. The van der Waals surface area contributed by atoms with Crippen molar-refractivity contribution in [3.63, 3.8) is 0 Å². The number of benzene rings is 1. The molecule has 0 aliphatic rings. The van der Waals surface area contributed by atoms with E-state index in [4.69, 9.17) is 10.8 Å². The fourth-order valence-corrected chi connectivity index (χ4v) is 2.47. The Labute approximate surface area is 144 Å². The number of nitrogens with zero attached hydrogens (tertiary/aromatic N) is 3. The van der Waals surface area contributed by atoms with Crippen LogP contribution in [0.1, 0.15) is 10.4 Å². The summed E-state index contributed by atoms with van der Waals surface area (Å²) in [7, 11) is 1.41. The molecule has 11 nitrogen and oxygen atoms in total. The van der Waals surface area contributed by atoms with Crippen LogP contribution in [0.25, 0.3) is 11.2 Å². The van der Waals surface area contributed by atoms with Crippen LogP contribution in [0.5, 0.6) is 0 Å². The SMILES string of the molecule is Cn1c(=O)[nH]c(=O)c2c1nc(Nc1ccc(C(N)=O)cc1)n2CC(=O)O. The Morgan fingerprint density at radius 2 is 1.92 bits per heavy atom. The van der Waals surface area contributed by atoms with Crippen molar-refractivity contribution < 1.29 is 14.7 Å². The molecule has 3 rings (SSSR count). The number of fused-ring (bicyclic) bond motifs is 1. The molecular formula is C15H14N6O5. The van der Waals surface area contributed by atoms with Crippen LogP contribution in [0, 0.1) is 0 Å². The minimum Gasteiger partial charge on any atom is -0.480 e. The van der Waals surface area contributed by atoms with Gasteiger partial charge in [-0.25, -0.2) is 4.79 Å². The number of aromatic amines is 1. The van der Waals surface area contributed by atoms with Gasteiger partial charge in [-0.1, -0.05) is 0 Å². The van der Waals surface area contributed by atoms with Gasteiger partial charge in [-0.3, -0.25) is 28.5 Å². The smallest absolute Gasteiger partial charge is 0.329 e. The van der Waals surface area contributed by atoms with Gasteiger partial charge in [-0.15, -0.1) is 0 Å². The van der Waals surface area contributed by atoms with Crippen LogP contribution in [0.2, 0.25) is 0 Å². The number of nitrogens with one attached hydrogen (secondary N) is 2. The number of aryl methyl sites for hydroxylation is 1. The monoisotopic (exact) mass is 358 g/mol. The maximum atomic E-state index is 12.1. The number of hydrogen-bond donors (Lipinski definition) is 4. The minimum absolute atomic E-state index is 0.0382. The number of carboxylic acid groups (broad SMARTS) is 1. The number of nitrogens with two attached hydrogens (primary N) is 1. The number of imidazole rings is 1. The molecule has 5 N–H and O–H groups in total. The summed E-state index contributed by atoms with van der Waals surface area (Å²) in [5.74, 6) is -1.72. The molecule has 0 spiro atoms. The highest BCUT2D eigenvalue weighted by atomic mass is 16.4. The maximum Gasteiger partial charge on any atom is 0.329 e. The van der Waals surface area contributed by atoms with E-state index in [-0.39, 0.29) is 17.1 Å². The molecule has 1 aromatic carbocycles. The van der Waals surface area contributed by atoms with Crippen molar-refractivity contribution >= 4 is 34.7 Å². The number of carbonyl (C=O) groups excluding carboxylic acids is 1. The number of anilines is 2. The van der Waals surface area contributed by atoms with Crippen LogP contribution in [-0.4, -0.2) is 36.1 Å². The van der Waals surface area contributed by atoms with Gasteiger partial charge in [0.2, 0.25) is 11.9 Å². The molecular weight excluding hydrogens is 344 g/mol. The zero-order valence-corrected chi connectivity index (χ0v) is 13.5. The summed E-state index contributed by atoms with van der Waals surface area (Å²) >= 11 is 0. The third kappa shape index (κ3) is 2.92. The van der Waals surface area contributed by atoms with E-state index in [2.05, 4.69) is 15.3 Å². The molecule has 0 aliphatic heterocycles. The largest absolute Gasteiger partial charge is 0.480 e. The number of carbonyl (C=O) groups is 2. The molecule has 11 heteroatoms. The number of primary amides is 1. The minimum atomic E-state index is -1.19. The van der Waals surface area contributed by atoms with Gasteiger partial charge < -0.3 is 16.2 Å². The Bertz CT molecular complexity index is 1140. The van der Waals surface area contributed by atoms with Crippen molar-refractivity contribution in [2.75, 3.05) is 5.32 Å². The average molecular weight is 358 g/mol. The first-order valence-electron chi connectivity index (χ1n) is 7.36. The second kappa shape index (κ2) is 6.20. The molecule has 0 bridgehead atoms. The molecule has 0 saturated heterocycles. The van der Waals surface area contributed by atoms with E-state index in [1.54, 1.807) is 12.1 Å². The number of carboxylic acids is 1. The highest BCUT2D eigenvalue weighted by Gasteiger charge is 2.19. The normalized spacial score (nSPS) is 10.8. The fourth-order valence-electron chi connectivity index (χ4n) is 2.47. The van der Waals surface area contributed by atoms with E-state index in [0.29, 0.717) is 11.3 Å². The van der Waals surface area contributed by atoms with E-state index in [1.165, 1.54) is 19.2 Å². The van der Waals surface area contributed by atoms with Crippen molar-refractivity contribution in [1.82, 2.24) is 19.1 Å². The second-order valence-electron chi connectivity index (χ2n) is 5.47. The van der Waals surface area contributed by atoms with Crippen molar-refractivity contribution in [2.24, 2.45) is 12.8 Å². The van der Waals surface area contributed by atoms with Crippen LogP contribution in [0.3, 0.4) is 0 Å². The lowest BCUT2D eigenvalue weighted by Crippen LogP contribution is -2.29. The number of aromatic nitrogens is 4. The van der Waals surface area contributed by atoms with Gasteiger partial charge in [-0.05, 0) is 24.3 Å². The van der Waals surface area contributed by atoms with Crippen LogP contribution < -0.4 is 22.3 Å². The van der Waals surface area contributed by atoms with Gasteiger partial charge in [0, 0.05) is 18.3 Å². The summed E-state index contributed by atoms with van der Waals surface area (Å²) in [5.41, 5.74) is 4.55. The lowest BCUT2D eigenvalue weighted by molar-refractivity contribution is -0.137. The molecule has 1 amide bonds. The zero-order chi connectivity index (χ0) is 19.0.